The monoisotopic (exact) mass is 297 g/mol. The Labute approximate surface area is 132 Å². The minimum absolute atomic E-state index is 0.115. The van der Waals surface area contributed by atoms with Gasteiger partial charge in [0.2, 0.25) is 0 Å². The molecule has 0 saturated heterocycles. The summed E-state index contributed by atoms with van der Waals surface area (Å²) in [6, 6.07) is 12.6. The number of ether oxygens (including phenoxy) is 2. The molecule has 1 heterocycles. The van der Waals surface area contributed by atoms with Crippen LogP contribution in [0.4, 0.5) is 5.69 Å². The Morgan fingerprint density at radius 3 is 2.18 bits per heavy atom. The minimum atomic E-state index is 0.115. The van der Waals surface area contributed by atoms with E-state index >= 15 is 0 Å². The highest BCUT2D eigenvalue weighted by molar-refractivity contribution is 5.84. The third-order valence-corrected chi connectivity index (χ3v) is 3.58. The predicted molar refractivity (Wildman–Crippen MR) is 90.7 cm³/mol. The maximum absolute atomic E-state index is 5.98. The van der Waals surface area contributed by atoms with Crippen molar-refractivity contribution in [3.8, 4) is 22.6 Å². The predicted octanol–water partition coefficient (Wildman–Crippen LogP) is 4.85. The second kappa shape index (κ2) is 5.91. The van der Waals surface area contributed by atoms with Crippen molar-refractivity contribution in [3.63, 3.8) is 0 Å². The van der Waals surface area contributed by atoms with Crippen LogP contribution in [0.15, 0.2) is 36.4 Å². The van der Waals surface area contributed by atoms with Crippen LogP contribution in [0.5, 0.6) is 11.5 Å². The fourth-order valence-electron chi connectivity index (χ4n) is 2.75. The van der Waals surface area contributed by atoms with E-state index in [0.717, 1.165) is 18.0 Å². The maximum atomic E-state index is 5.98. The van der Waals surface area contributed by atoms with Gasteiger partial charge in [0.15, 0.2) is 11.5 Å². The van der Waals surface area contributed by atoms with Crippen molar-refractivity contribution in [2.75, 3.05) is 5.32 Å². The Morgan fingerprint density at radius 2 is 1.50 bits per heavy atom. The van der Waals surface area contributed by atoms with E-state index in [4.69, 9.17) is 9.47 Å². The summed E-state index contributed by atoms with van der Waals surface area (Å²) in [7, 11) is 0. The fourth-order valence-corrected chi connectivity index (χ4v) is 2.75. The van der Waals surface area contributed by atoms with Crippen molar-refractivity contribution >= 4 is 5.69 Å². The average molecular weight is 297 g/mol. The zero-order valence-electron chi connectivity index (χ0n) is 13.6. The molecular formula is C19H23NO2. The Kier molecular flexibility index (Phi) is 3.97. The molecule has 0 spiro atoms. The molecule has 0 unspecified atom stereocenters. The number of para-hydroxylation sites is 1. The van der Waals surface area contributed by atoms with Crippen molar-refractivity contribution < 1.29 is 9.47 Å². The molecule has 2 aromatic carbocycles. The molecule has 2 aromatic rings. The summed E-state index contributed by atoms with van der Waals surface area (Å²) in [4.78, 5) is 0. The molecule has 1 aliphatic heterocycles. The quantitative estimate of drug-likeness (QED) is 0.874. The Balaban J connectivity index is 2.10. The van der Waals surface area contributed by atoms with Crippen LogP contribution >= 0.6 is 0 Å². The minimum Gasteiger partial charge on any atom is -0.487 e. The zero-order chi connectivity index (χ0) is 15.7. The summed E-state index contributed by atoms with van der Waals surface area (Å²) in [5, 5.41) is 3.46. The van der Waals surface area contributed by atoms with Crippen LogP contribution in [-0.2, 0) is 6.54 Å². The molecule has 1 N–H and O–H groups in total. The lowest BCUT2D eigenvalue weighted by molar-refractivity contribution is 0.198. The largest absolute Gasteiger partial charge is 0.487 e. The molecule has 0 aliphatic carbocycles. The molecule has 3 nitrogen and oxygen atoms in total. The van der Waals surface area contributed by atoms with Gasteiger partial charge in [-0.3, -0.25) is 0 Å². The van der Waals surface area contributed by atoms with Gasteiger partial charge in [0.05, 0.1) is 12.2 Å². The van der Waals surface area contributed by atoms with E-state index < -0.39 is 0 Å². The second-order valence-corrected chi connectivity index (χ2v) is 6.19. The molecule has 0 bridgehead atoms. The highest BCUT2D eigenvalue weighted by Gasteiger charge is 2.20. The van der Waals surface area contributed by atoms with E-state index in [2.05, 4.69) is 41.7 Å². The van der Waals surface area contributed by atoms with Gasteiger partial charge in [-0.25, -0.2) is 0 Å². The first-order valence-electron chi connectivity index (χ1n) is 7.88. The smallest absolute Gasteiger partial charge is 0.162 e. The molecule has 0 atom stereocenters. The van der Waals surface area contributed by atoms with E-state index in [0.29, 0.717) is 0 Å². The number of fused-ring (bicyclic) bond motifs is 3. The van der Waals surface area contributed by atoms with E-state index in [9.17, 15) is 0 Å². The zero-order valence-corrected chi connectivity index (χ0v) is 13.6. The molecule has 3 heteroatoms. The van der Waals surface area contributed by atoms with Crippen molar-refractivity contribution in [3.05, 3.63) is 42.0 Å². The standard InChI is InChI=1S/C19H23NO2/c1-12(2)21-18-9-14-11-20-17-8-6-5-7-15(17)16(14)10-19(18)22-13(3)4/h5-10,12-13,20H,11H2,1-4H3. The van der Waals surface area contributed by atoms with Gasteiger partial charge in [-0.05, 0) is 57.0 Å². The molecule has 0 amide bonds. The van der Waals surface area contributed by atoms with Gasteiger partial charge in [-0.1, -0.05) is 18.2 Å². The van der Waals surface area contributed by atoms with Crippen molar-refractivity contribution in [1.82, 2.24) is 0 Å². The first-order valence-corrected chi connectivity index (χ1v) is 7.88. The summed E-state index contributed by atoms with van der Waals surface area (Å²) < 4.78 is 11.9. The number of benzene rings is 2. The summed E-state index contributed by atoms with van der Waals surface area (Å²) in [6.45, 7) is 8.95. The average Bonchev–Trinajstić information content (AvgIpc) is 2.47. The van der Waals surface area contributed by atoms with Gasteiger partial charge in [-0.15, -0.1) is 0 Å². The van der Waals surface area contributed by atoms with Crippen LogP contribution in [-0.4, -0.2) is 12.2 Å². The lowest BCUT2D eigenvalue weighted by Crippen LogP contribution is -2.14. The highest BCUT2D eigenvalue weighted by atomic mass is 16.5. The van der Waals surface area contributed by atoms with E-state index in [1.165, 1.54) is 22.4 Å². The van der Waals surface area contributed by atoms with Crippen LogP contribution in [0.3, 0.4) is 0 Å². The number of hydrogen-bond donors (Lipinski definition) is 1. The summed E-state index contributed by atoms with van der Waals surface area (Å²) >= 11 is 0. The first-order chi connectivity index (χ1) is 10.5. The topological polar surface area (TPSA) is 30.5 Å². The number of anilines is 1. The molecule has 0 radical (unpaired) electrons. The molecule has 3 rings (SSSR count). The fraction of sp³-hybridized carbons (Fsp3) is 0.368. The van der Waals surface area contributed by atoms with Gasteiger partial charge in [0.1, 0.15) is 0 Å². The van der Waals surface area contributed by atoms with Gasteiger partial charge in [0, 0.05) is 17.8 Å². The van der Waals surface area contributed by atoms with Crippen molar-refractivity contribution in [2.45, 2.75) is 46.4 Å². The third kappa shape index (κ3) is 2.89. The van der Waals surface area contributed by atoms with Crippen molar-refractivity contribution in [1.29, 1.82) is 0 Å². The second-order valence-electron chi connectivity index (χ2n) is 6.19. The summed E-state index contributed by atoms with van der Waals surface area (Å²) in [5.74, 6) is 1.64. The summed E-state index contributed by atoms with van der Waals surface area (Å²) in [6.07, 6.45) is 0.237. The van der Waals surface area contributed by atoms with Gasteiger partial charge in [-0.2, -0.15) is 0 Å². The Bertz CT molecular complexity index is 677. The van der Waals surface area contributed by atoms with Crippen LogP contribution in [0, 0.1) is 0 Å². The number of hydrogen-bond acceptors (Lipinski definition) is 3. The molecule has 22 heavy (non-hydrogen) atoms. The Hall–Kier alpha value is -2.16. The first kappa shape index (κ1) is 14.8. The van der Waals surface area contributed by atoms with Crippen LogP contribution in [0.1, 0.15) is 33.3 Å². The van der Waals surface area contributed by atoms with Gasteiger partial charge in [0.25, 0.3) is 0 Å². The highest BCUT2D eigenvalue weighted by Crippen LogP contribution is 2.42. The van der Waals surface area contributed by atoms with E-state index in [-0.39, 0.29) is 12.2 Å². The molecule has 0 fully saturated rings. The normalized spacial score (nSPS) is 12.6. The van der Waals surface area contributed by atoms with Crippen LogP contribution < -0.4 is 14.8 Å². The van der Waals surface area contributed by atoms with Crippen LogP contribution in [0.25, 0.3) is 11.1 Å². The lowest BCUT2D eigenvalue weighted by atomic mass is 9.94. The van der Waals surface area contributed by atoms with E-state index in [1.54, 1.807) is 0 Å². The number of nitrogens with one attached hydrogen (secondary N) is 1. The third-order valence-electron chi connectivity index (χ3n) is 3.58. The summed E-state index contributed by atoms with van der Waals surface area (Å²) in [5.41, 5.74) is 4.85. The molecular weight excluding hydrogens is 274 g/mol. The maximum Gasteiger partial charge on any atom is 0.162 e. The lowest BCUT2D eigenvalue weighted by Gasteiger charge is -2.25. The van der Waals surface area contributed by atoms with Gasteiger partial charge < -0.3 is 14.8 Å². The Morgan fingerprint density at radius 1 is 0.864 bits per heavy atom. The van der Waals surface area contributed by atoms with Crippen molar-refractivity contribution in [2.24, 2.45) is 0 Å². The molecule has 0 aromatic heterocycles. The molecule has 1 aliphatic rings. The van der Waals surface area contributed by atoms with Crippen LogP contribution in [0.2, 0.25) is 0 Å². The number of rotatable bonds is 4. The van der Waals surface area contributed by atoms with Gasteiger partial charge >= 0.3 is 0 Å². The molecule has 0 saturated carbocycles. The molecule has 116 valence electrons. The SMILES string of the molecule is CC(C)Oc1cc2c(cc1OC(C)C)-c1ccccc1NC2. The van der Waals surface area contributed by atoms with E-state index in [1.807, 2.05) is 27.7 Å².